The monoisotopic (exact) mass is 181 g/mol. The van der Waals surface area contributed by atoms with Crippen LogP contribution in [-0.4, -0.2) is 0 Å². The molecule has 3 rings (SSSR count). The van der Waals surface area contributed by atoms with E-state index in [4.69, 9.17) is 0 Å². The molecular formula is C12H9N2. The molecule has 67 valence electrons. The second kappa shape index (κ2) is 2.77. The van der Waals surface area contributed by atoms with E-state index in [9.17, 15) is 0 Å². The van der Waals surface area contributed by atoms with Crippen LogP contribution in [0.4, 0.5) is 5.69 Å². The van der Waals surface area contributed by atoms with Crippen molar-refractivity contribution in [3.63, 3.8) is 0 Å². The smallest absolute Gasteiger partial charge is 0.0984 e. The number of hydrogen-bond acceptors (Lipinski definition) is 1. The molecule has 1 aliphatic heterocycles. The highest BCUT2D eigenvalue weighted by Crippen LogP contribution is 2.29. The third-order valence-electron chi connectivity index (χ3n) is 2.45. The number of hydrogen-bond donors (Lipinski definition) is 1. The van der Waals surface area contributed by atoms with Crippen molar-refractivity contribution in [3.05, 3.63) is 48.2 Å². The normalized spacial score (nSPS) is 13.1. The maximum atomic E-state index is 4.28. The number of nitrogens with one attached hydrogen (secondary N) is 1. The van der Waals surface area contributed by atoms with Gasteiger partial charge in [-0.2, -0.15) is 5.43 Å². The maximum absolute atomic E-state index is 4.28. The summed E-state index contributed by atoms with van der Waals surface area (Å²) >= 11 is 0. The molecule has 1 N–H and O–H groups in total. The van der Waals surface area contributed by atoms with Gasteiger partial charge < -0.3 is 0 Å². The molecule has 14 heavy (non-hydrogen) atoms. The predicted octanol–water partition coefficient (Wildman–Crippen LogP) is 2.56. The molecule has 1 radical (unpaired) electrons. The summed E-state index contributed by atoms with van der Waals surface area (Å²) in [5.41, 5.74) is 9.36. The molecule has 2 aromatic carbocycles. The van der Waals surface area contributed by atoms with Crippen LogP contribution in [0.5, 0.6) is 0 Å². The minimum Gasteiger partial charge on any atom is -0.285 e. The summed E-state index contributed by atoms with van der Waals surface area (Å²) in [6.45, 7) is 0. The molecule has 0 spiro atoms. The van der Waals surface area contributed by atoms with E-state index in [1.807, 2.05) is 24.4 Å². The lowest BCUT2D eigenvalue weighted by Gasteiger charge is -2.13. The van der Waals surface area contributed by atoms with Gasteiger partial charge in [0.05, 0.1) is 5.69 Å². The second-order valence-corrected chi connectivity index (χ2v) is 3.30. The summed E-state index contributed by atoms with van der Waals surface area (Å²) in [5.74, 6) is 0. The number of benzene rings is 2. The van der Waals surface area contributed by atoms with E-state index >= 15 is 0 Å². The third-order valence-corrected chi connectivity index (χ3v) is 2.45. The Kier molecular flexibility index (Phi) is 1.47. The van der Waals surface area contributed by atoms with Gasteiger partial charge in [0.25, 0.3) is 0 Å². The quantitative estimate of drug-likeness (QED) is 0.664. The lowest BCUT2D eigenvalue weighted by Crippen LogP contribution is -2.17. The Balaban J connectivity index is 2.41. The van der Waals surface area contributed by atoms with Crippen molar-refractivity contribution in [1.29, 1.82) is 0 Å². The van der Waals surface area contributed by atoms with Crippen molar-refractivity contribution in [1.82, 2.24) is 10.9 Å². The molecule has 0 unspecified atom stereocenters. The summed E-state index contributed by atoms with van der Waals surface area (Å²) in [4.78, 5) is 0. The van der Waals surface area contributed by atoms with Crippen LogP contribution >= 0.6 is 0 Å². The molecule has 2 nitrogen and oxygen atoms in total. The third kappa shape index (κ3) is 0.973. The summed E-state index contributed by atoms with van der Waals surface area (Å²) in [6, 6.07) is 12.5. The first-order valence-electron chi connectivity index (χ1n) is 4.60. The molecule has 0 aliphatic carbocycles. The Labute approximate surface area is 82.2 Å². The lowest BCUT2D eigenvalue weighted by molar-refractivity contribution is 0.769. The van der Waals surface area contributed by atoms with Crippen molar-refractivity contribution >= 4 is 22.5 Å². The molecule has 1 heterocycles. The van der Waals surface area contributed by atoms with Crippen LogP contribution in [0.2, 0.25) is 0 Å². The van der Waals surface area contributed by atoms with E-state index in [0.29, 0.717) is 0 Å². The minimum atomic E-state index is 1.03. The van der Waals surface area contributed by atoms with E-state index in [-0.39, 0.29) is 0 Å². The summed E-state index contributed by atoms with van der Waals surface area (Å²) < 4.78 is 0. The zero-order chi connectivity index (χ0) is 9.38. The summed E-state index contributed by atoms with van der Waals surface area (Å²) in [5, 5.41) is 2.42. The molecule has 2 heteroatoms. The zero-order valence-electron chi connectivity index (χ0n) is 7.57. The van der Waals surface area contributed by atoms with Crippen molar-refractivity contribution in [3.8, 4) is 0 Å². The number of nitrogens with zero attached hydrogens (tertiary/aromatic N) is 1. The standard InChI is InChI=1S/C12H9N2/c1-2-4-11-9(3-1)5-6-10-7-8-13-14-12(10)11/h1-8,13H. The zero-order valence-corrected chi connectivity index (χ0v) is 7.57. The lowest BCUT2D eigenvalue weighted by atomic mass is 10.0. The molecular weight excluding hydrogens is 172 g/mol. The molecule has 0 aromatic heterocycles. The van der Waals surface area contributed by atoms with Crippen LogP contribution in [0, 0.1) is 0 Å². The van der Waals surface area contributed by atoms with Gasteiger partial charge in [0, 0.05) is 17.1 Å². The topological polar surface area (TPSA) is 26.1 Å². The van der Waals surface area contributed by atoms with Gasteiger partial charge in [0.2, 0.25) is 0 Å². The van der Waals surface area contributed by atoms with Crippen LogP contribution < -0.4 is 10.9 Å². The number of rotatable bonds is 0. The highest BCUT2D eigenvalue weighted by molar-refractivity contribution is 5.96. The molecule has 0 atom stereocenters. The minimum absolute atomic E-state index is 1.03. The van der Waals surface area contributed by atoms with Gasteiger partial charge in [-0.3, -0.25) is 5.43 Å². The number of fused-ring (bicyclic) bond motifs is 3. The van der Waals surface area contributed by atoms with Crippen molar-refractivity contribution < 1.29 is 0 Å². The average molecular weight is 181 g/mol. The second-order valence-electron chi connectivity index (χ2n) is 3.30. The van der Waals surface area contributed by atoms with Gasteiger partial charge in [0.1, 0.15) is 0 Å². The van der Waals surface area contributed by atoms with E-state index in [0.717, 1.165) is 5.69 Å². The van der Waals surface area contributed by atoms with Gasteiger partial charge in [0.15, 0.2) is 0 Å². The Morgan fingerprint density at radius 1 is 1.00 bits per heavy atom. The Bertz CT molecular complexity index is 515. The molecule has 0 saturated heterocycles. The van der Waals surface area contributed by atoms with Crippen LogP contribution in [0.1, 0.15) is 5.56 Å². The van der Waals surface area contributed by atoms with Gasteiger partial charge in [-0.25, -0.2) is 0 Å². The molecule has 0 saturated carbocycles. The van der Waals surface area contributed by atoms with E-state index in [1.54, 1.807) is 0 Å². The Morgan fingerprint density at radius 2 is 1.93 bits per heavy atom. The fourth-order valence-electron chi connectivity index (χ4n) is 1.76. The summed E-state index contributed by atoms with van der Waals surface area (Å²) in [7, 11) is 0. The first-order chi connectivity index (χ1) is 6.95. The summed E-state index contributed by atoms with van der Waals surface area (Å²) in [6.07, 6.45) is 3.88. The van der Waals surface area contributed by atoms with Gasteiger partial charge >= 0.3 is 0 Å². The van der Waals surface area contributed by atoms with Crippen molar-refractivity contribution in [2.75, 3.05) is 0 Å². The van der Waals surface area contributed by atoms with Gasteiger partial charge in [-0.15, -0.1) is 0 Å². The van der Waals surface area contributed by atoms with E-state index < -0.39 is 0 Å². The van der Waals surface area contributed by atoms with Crippen LogP contribution in [0.3, 0.4) is 0 Å². The maximum Gasteiger partial charge on any atom is 0.0984 e. The predicted molar refractivity (Wildman–Crippen MR) is 57.9 cm³/mol. The fraction of sp³-hybridized carbons (Fsp3) is 0. The molecule has 0 bridgehead atoms. The van der Waals surface area contributed by atoms with Crippen LogP contribution in [-0.2, 0) is 0 Å². The highest BCUT2D eigenvalue weighted by atomic mass is 15.3. The molecule has 0 fully saturated rings. The van der Waals surface area contributed by atoms with Crippen molar-refractivity contribution in [2.24, 2.45) is 0 Å². The first kappa shape index (κ1) is 7.44. The van der Waals surface area contributed by atoms with Gasteiger partial charge in [-0.05, 0) is 11.5 Å². The van der Waals surface area contributed by atoms with Crippen LogP contribution in [0.15, 0.2) is 42.6 Å². The highest BCUT2D eigenvalue weighted by Gasteiger charge is 2.08. The molecule has 0 amide bonds. The van der Waals surface area contributed by atoms with E-state index in [1.165, 1.54) is 16.3 Å². The molecule has 2 aromatic rings. The van der Waals surface area contributed by atoms with Crippen LogP contribution in [0.25, 0.3) is 16.8 Å². The Hall–Kier alpha value is -1.96. The SMILES string of the molecule is C1=Cc2ccc3ccccc3c2[N]N1. The Morgan fingerprint density at radius 3 is 2.93 bits per heavy atom. The molecule has 1 aliphatic rings. The average Bonchev–Trinajstić information content (AvgIpc) is 2.29. The largest absolute Gasteiger partial charge is 0.285 e. The van der Waals surface area contributed by atoms with Crippen molar-refractivity contribution in [2.45, 2.75) is 0 Å². The van der Waals surface area contributed by atoms with Gasteiger partial charge in [-0.1, -0.05) is 36.4 Å². The van der Waals surface area contributed by atoms with E-state index in [2.05, 4.69) is 35.1 Å². The first-order valence-corrected chi connectivity index (χ1v) is 4.60. The fourth-order valence-corrected chi connectivity index (χ4v) is 1.76.